The Morgan fingerprint density at radius 1 is 0.852 bits per heavy atom. The molecule has 0 spiro atoms. The van der Waals surface area contributed by atoms with E-state index in [0.717, 1.165) is 25.7 Å². The maximum absolute atomic E-state index is 12.6. The molecule has 6 heteroatoms. The highest BCUT2D eigenvalue weighted by atomic mass is 16.4. The number of rotatable bonds is 4. The largest absolute Gasteiger partial charge is 0.481 e. The molecule has 6 nitrogen and oxygen atoms in total. The minimum atomic E-state index is -0.782. The van der Waals surface area contributed by atoms with Gasteiger partial charge in [0.1, 0.15) is 0 Å². The fraction of sp³-hybridized carbons (Fsp3) is 0.571. The molecule has 2 amide bonds. The van der Waals surface area contributed by atoms with Crippen LogP contribution in [0.5, 0.6) is 0 Å². The van der Waals surface area contributed by atoms with Crippen molar-refractivity contribution in [2.24, 2.45) is 11.8 Å². The van der Waals surface area contributed by atoms with E-state index in [1.165, 1.54) is 12.8 Å². The molecule has 2 N–H and O–H groups in total. The van der Waals surface area contributed by atoms with Crippen LogP contribution in [0.2, 0.25) is 0 Å². The number of aliphatic carboxylic acids is 1. The Balaban J connectivity index is 1.54. The van der Waals surface area contributed by atoms with E-state index in [1.807, 2.05) is 0 Å². The van der Waals surface area contributed by atoms with Crippen molar-refractivity contribution in [1.29, 1.82) is 0 Å². The Bertz CT molecular complexity index is 670. The van der Waals surface area contributed by atoms with Crippen molar-refractivity contribution in [1.82, 2.24) is 4.90 Å². The van der Waals surface area contributed by atoms with Gasteiger partial charge in [0.05, 0.1) is 5.92 Å². The summed E-state index contributed by atoms with van der Waals surface area (Å²) in [5, 5.41) is 12.0. The first-order chi connectivity index (χ1) is 13.0. The van der Waals surface area contributed by atoms with Gasteiger partial charge in [-0.2, -0.15) is 0 Å². The van der Waals surface area contributed by atoms with Crippen molar-refractivity contribution in [3.63, 3.8) is 0 Å². The fourth-order valence-corrected chi connectivity index (χ4v) is 3.99. The van der Waals surface area contributed by atoms with Crippen LogP contribution in [0.1, 0.15) is 61.7 Å². The number of amides is 2. The Morgan fingerprint density at radius 3 is 2.00 bits per heavy atom. The second-order valence-electron chi connectivity index (χ2n) is 7.66. The van der Waals surface area contributed by atoms with Gasteiger partial charge in [0.25, 0.3) is 5.91 Å². The lowest BCUT2D eigenvalue weighted by molar-refractivity contribution is -0.143. The molecule has 27 heavy (non-hydrogen) atoms. The van der Waals surface area contributed by atoms with Gasteiger partial charge in [-0.1, -0.05) is 25.7 Å². The summed E-state index contributed by atoms with van der Waals surface area (Å²) in [5.74, 6) is -1.05. The number of carbonyl (C=O) groups excluding carboxylic acids is 2. The van der Waals surface area contributed by atoms with Gasteiger partial charge in [-0.15, -0.1) is 0 Å². The zero-order valence-electron chi connectivity index (χ0n) is 15.7. The monoisotopic (exact) mass is 372 g/mol. The number of carbonyl (C=O) groups is 3. The zero-order chi connectivity index (χ0) is 19.2. The molecule has 1 saturated heterocycles. The standard InChI is InChI=1S/C21H28N2O4/c24-19(15-5-3-1-2-4-6-15)22-18-9-7-16(8-10-18)20(25)23-13-11-17(12-14-23)21(26)27/h7-10,15,17H,1-6,11-14H2,(H,22,24)(H,26,27). The summed E-state index contributed by atoms with van der Waals surface area (Å²) in [5.41, 5.74) is 1.28. The Hall–Kier alpha value is -2.37. The minimum Gasteiger partial charge on any atom is -0.481 e. The molecule has 1 heterocycles. The second kappa shape index (κ2) is 9.02. The lowest BCUT2D eigenvalue weighted by Crippen LogP contribution is -2.40. The molecule has 0 atom stereocenters. The summed E-state index contributed by atoms with van der Waals surface area (Å²) in [6.45, 7) is 0.936. The van der Waals surface area contributed by atoms with Crippen LogP contribution >= 0.6 is 0 Å². The number of benzene rings is 1. The Labute approximate surface area is 159 Å². The predicted molar refractivity (Wildman–Crippen MR) is 103 cm³/mol. The molecular weight excluding hydrogens is 344 g/mol. The molecule has 0 unspecified atom stereocenters. The molecule has 0 radical (unpaired) electrons. The first-order valence-corrected chi connectivity index (χ1v) is 9.97. The predicted octanol–water partition coefficient (Wildman–Crippen LogP) is 3.53. The molecule has 2 fully saturated rings. The first-order valence-electron chi connectivity index (χ1n) is 9.97. The Morgan fingerprint density at radius 2 is 1.44 bits per heavy atom. The maximum atomic E-state index is 12.6. The third-order valence-electron chi connectivity index (χ3n) is 5.76. The van der Waals surface area contributed by atoms with E-state index >= 15 is 0 Å². The van der Waals surface area contributed by atoms with E-state index in [2.05, 4.69) is 5.32 Å². The second-order valence-corrected chi connectivity index (χ2v) is 7.66. The molecule has 0 aromatic heterocycles. The topological polar surface area (TPSA) is 86.7 Å². The van der Waals surface area contributed by atoms with Crippen molar-refractivity contribution in [2.45, 2.75) is 51.4 Å². The van der Waals surface area contributed by atoms with E-state index in [9.17, 15) is 14.4 Å². The van der Waals surface area contributed by atoms with Crippen LogP contribution in [-0.4, -0.2) is 40.9 Å². The van der Waals surface area contributed by atoms with Crippen LogP contribution in [0.25, 0.3) is 0 Å². The van der Waals surface area contributed by atoms with Gasteiger partial charge >= 0.3 is 5.97 Å². The molecule has 1 aromatic carbocycles. The lowest BCUT2D eigenvalue weighted by Gasteiger charge is -2.30. The molecule has 1 saturated carbocycles. The molecule has 1 aromatic rings. The van der Waals surface area contributed by atoms with Crippen LogP contribution in [0.3, 0.4) is 0 Å². The Kier molecular flexibility index (Phi) is 6.48. The van der Waals surface area contributed by atoms with Crippen molar-refractivity contribution in [3.8, 4) is 0 Å². The number of carboxylic acids is 1. The van der Waals surface area contributed by atoms with E-state index in [-0.39, 0.29) is 23.7 Å². The SMILES string of the molecule is O=C(O)C1CCN(C(=O)c2ccc(NC(=O)C3CCCCCC3)cc2)CC1. The van der Waals surface area contributed by atoms with Crippen LogP contribution in [-0.2, 0) is 9.59 Å². The smallest absolute Gasteiger partial charge is 0.306 e. The van der Waals surface area contributed by atoms with Gasteiger partial charge in [0.15, 0.2) is 0 Å². The third kappa shape index (κ3) is 5.08. The number of nitrogens with zero attached hydrogens (tertiary/aromatic N) is 1. The van der Waals surface area contributed by atoms with Crippen LogP contribution in [0, 0.1) is 11.8 Å². The number of nitrogens with one attached hydrogen (secondary N) is 1. The van der Waals surface area contributed by atoms with Crippen molar-refractivity contribution in [3.05, 3.63) is 29.8 Å². The molecule has 1 aliphatic carbocycles. The zero-order valence-corrected chi connectivity index (χ0v) is 15.7. The average molecular weight is 372 g/mol. The lowest BCUT2D eigenvalue weighted by atomic mass is 9.96. The number of piperidine rings is 1. The number of hydrogen-bond acceptors (Lipinski definition) is 3. The van der Waals surface area contributed by atoms with Gasteiger partial charge in [0, 0.05) is 30.3 Å². The molecule has 2 aliphatic rings. The maximum Gasteiger partial charge on any atom is 0.306 e. The summed E-state index contributed by atoms with van der Waals surface area (Å²) in [4.78, 5) is 37.8. The van der Waals surface area contributed by atoms with Crippen molar-refractivity contribution in [2.75, 3.05) is 18.4 Å². The van der Waals surface area contributed by atoms with Crippen molar-refractivity contribution >= 4 is 23.5 Å². The normalized spacial score (nSPS) is 19.3. The molecule has 146 valence electrons. The van der Waals surface area contributed by atoms with Gasteiger partial charge < -0.3 is 15.3 Å². The summed E-state index contributed by atoms with van der Waals surface area (Å²) < 4.78 is 0. The number of carboxylic acid groups (broad SMARTS) is 1. The van der Waals surface area contributed by atoms with Gasteiger partial charge in [0.2, 0.25) is 5.91 Å². The molecular formula is C21H28N2O4. The van der Waals surface area contributed by atoms with E-state index < -0.39 is 5.97 Å². The number of likely N-dealkylation sites (tertiary alicyclic amines) is 1. The molecule has 0 bridgehead atoms. The average Bonchev–Trinajstić information content (AvgIpc) is 2.98. The molecule has 1 aliphatic heterocycles. The van der Waals surface area contributed by atoms with Gasteiger partial charge in [-0.25, -0.2) is 0 Å². The summed E-state index contributed by atoms with van der Waals surface area (Å²) in [7, 11) is 0. The minimum absolute atomic E-state index is 0.0757. The van der Waals surface area contributed by atoms with E-state index in [0.29, 0.717) is 37.2 Å². The van der Waals surface area contributed by atoms with Crippen LogP contribution in [0.15, 0.2) is 24.3 Å². The highest BCUT2D eigenvalue weighted by Crippen LogP contribution is 2.25. The highest BCUT2D eigenvalue weighted by Gasteiger charge is 2.27. The number of anilines is 1. The summed E-state index contributed by atoms with van der Waals surface area (Å²) >= 11 is 0. The quantitative estimate of drug-likeness (QED) is 0.792. The van der Waals surface area contributed by atoms with Crippen molar-refractivity contribution < 1.29 is 19.5 Å². The van der Waals surface area contributed by atoms with Crippen LogP contribution < -0.4 is 5.32 Å². The van der Waals surface area contributed by atoms with E-state index in [1.54, 1.807) is 29.2 Å². The van der Waals surface area contributed by atoms with Gasteiger partial charge in [-0.05, 0) is 49.9 Å². The summed E-state index contributed by atoms with van der Waals surface area (Å²) in [6.07, 6.45) is 7.55. The first kappa shape index (κ1) is 19.4. The summed E-state index contributed by atoms with van der Waals surface area (Å²) in [6, 6.07) is 7.00. The fourth-order valence-electron chi connectivity index (χ4n) is 3.99. The number of hydrogen-bond donors (Lipinski definition) is 2. The van der Waals surface area contributed by atoms with E-state index in [4.69, 9.17) is 5.11 Å². The highest BCUT2D eigenvalue weighted by molar-refractivity contribution is 5.96. The van der Waals surface area contributed by atoms with Crippen LogP contribution in [0.4, 0.5) is 5.69 Å². The third-order valence-corrected chi connectivity index (χ3v) is 5.76. The molecule has 3 rings (SSSR count). The van der Waals surface area contributed by atoms with Gasteiger partial charge in [-0.3, -0.25) is 14.4 Å².